The van der Waals surface area contributed by atoms with Crippen LogP contribution in [0.3, 0.4) is 0 Å². The highest BCUT2D eigenvalue weighted by Gasteiger charge is 2.18. The van der Waals surface area contributed by atoms with Crippen LogP contribution in [0.25, 0.3) is 16.8 Å². The lowest BCUT2D eigenvalue weighted by Gasteiger charge is -2.21. The number of amides is 2. The molecule has 0 heterocycles. The summed E-state index contributed by atoms with van der Waals surface area (Å²) < 4.78 is 0. The number of carbonyl (C=O) groups is 2. The van der Waals surface area contributed by atoms with Gasteiger partial charge < -0.3 is 10.2 Å². The predicted molar refractivity (Wildman–Crippen MR) is 164 cm³/mol. The van der Waals surface area contributed by atoms with E-state index in [1.54, 1.807) is 30.3 Å². The monoisotopic (exact) mass is 530 g/mol. The Morgan fingerprint density at radius 1 is 0.850 bits per heavy atom. The van der Waals surface area contributed by atoms with Gasteiger partial charge in [0.05, 0.1) is 5.71 Å². The number of nitrogens with one attached hydrogen (secondary N) is 2. The van der Waals surface area contributed by atoms with Crippen LogP contribution in [0.4, 0.5) is 5.69 Å². The quantitative estimate of drug-likeness (QED) is 0.156. The molecule has 0 radical (unpaired) electrons. The molecule has 4 aromatic carbocycles. The molecule has 40 heavy (non-hydrogen) atoms. The molecule has 6 heteroatoms. The molecule has 0 aromatic heterocycles. The number of benzene rings is 4. The topological polar surface area (TPSA) is 73.8 Å². The van der Waals surface area contributed by atoms with Gasteiger partial charge in [-0.2, -0.15) is 5.10 Å². The van der Waals surface area contributed by atoms with Gasteiger partial charge in [0.25, 0.3) is 11.8 Å². The number of rotatable bonds is 9. The average molecular weight is 531 g/mol. The molecule has 5 rings (SSSR count). The summed E-state index contributed by atoms with van der Waals surface area (Å²) in [6, 6.07) is 27.4. The highest BCUT2D eigenvalue weighted by molar-refractivity contribution is 6.12. The predicted octanol–water partition coefficient (Wildman–Crippen LogP) is 6.10. The second kappa shape index (κ2) is 12.0. The van der Waals surface area contributed by atoms with Crippen molar-refractivity contribution in [3.05, 3.63) is 118 Å². The lowest BCUT2D eigenvalue weighted by atomic mass is 9.98. The number of nitrogens with zero attached hydrogens (tertiary/aromatic N) is 2. The fourth-order valence-corrected chi connectivity index (χ4v) is 5.30. The van der Waals surface area contributed by atoms with Crippen molar-refractivity contribution in [2.24, 2.45) is 5.10 Å². The Hall–Kier alpha value is -4.71. The summed E-state index contributed by atoms with van der Waals surface area (Å²) in [6.45, 7) is 7.93. The molecule has 6 nitrogen and oxygen atoms in total. The van der Waals surface area contributed by atoms with Crippen LogP contribution in [-0.2, 0) is 17.6 Å². The molecule has 2 amide bonds. The third-order valence-electron chi connectivity index (χ3n) is 7.45. The van der Waals surface area contributed by atoms with Gasteiger partial charge in [-0.05, 0) is 91.4 Å². The minimum Gasteiger partial charge on any atom is -0.372 e. The minimum absolute atomic E-state index is 0.112. The molecule has 1 aliphatic rings. The minimum atomic E-state index is -0.498. The summed E-state index contributed by atoms with van der Waals surface area (Å²) in [5.74, 6) is -0.864. The first-order chi connectivity index (χ1) is 19.5. The van der Waals surface area contributed by atoms with E-state index < -0.39 is 5.91 Å². The van der Waals surface area contributed by atoms with Crippen molar-refractivity contribution in [2.45, 2.75) is 33.6 Å². The van der Waals surface area contributed by atoms with Gasteiger partial charge in [0.1, 0.15) is 5.70 Å². The van der Waals surface area contributed by atoms with Crippen molar-refractivity contribution < 1.29 is 9.59 Å². The maximum Gasteiger partial charge on any atom is 0.287 e. The molecule has 0 atom stereocenters. The smallest absolute Gasteiger partial charge is 0.287 e. The Morgan fingerprint density at radius 2 is 1.55 bits per heavy atom. The van der Waals surface area contributed by atoms with Gasteiger partial charge in [0.2, 0.25) is 0 Å². The Balaban J connectivity index is 1.42. The largest absolute Gasteiger partial charge is 0.372 e. The third kappa shape index (κ3) is 5.66. The van der Waals surface area contributed by atoms with E-state index in [2.05, 4.69) is 64.9 Å². The molecule has 4 aromatic rings. The zero-order valence-electron chi connectivity index (χ0n) is 23.2. The van der Waals surface area contributed by atoms with E-state index >= 15 is 0 Å². The van der Waals surface area contributed by atoms with Crippen LogP contribution in [-0.4, -0.2) is 30.6 Å². The summed E-state index contributed by atoms with van der Waals surface area (Å²) in [5, 5.41) is 9.67. The Kier molecular flexibility index (Phi) is 8.06. The van der Waals surface area contributed by atoms with E-state index in [0.29, 0.717) is 11.3 Å². The number of carbonyl (C=O) groups excluding carboxylic acids is 2. The van der Waals surface area contributed by atoms with E-state index in [1.165, 1.54) is 16.5 Å². The lowest BCUT2D eigenvalue weighted by Crippen LogP contribution is -2.33. The number of hydrogen-bond acceptors (Lipinski definition) is 4. The first-order valence-corrected chi connectivity index (χ1v) is 13.8. The highest BCUT2D eigenvalue weighted by Crippen LogP contribution is 2.33. The van der Waals surface area contributed by atoms with E-state index in [1.807, 2.05) is 37.3 Å². The molecular formula is C34H34N4O2. The van der Waals surface area contributed by atoms with Crippen molar-refractivity contribution in [1.29, 1.82) is 0 Å². The summed E-state index contributed by atoms with van der Waals surface area (Å²) >= 11 is 0. The summed E-state index contributed by atoms with van der Waals surface area (Å²) in [4.78, 5) is 28.6. The van der Waals surface area contributed by atoms with E-state index in [0.717, 1.165) is 48.1 Å². The Bertz CT molecular complexity index is 1590. The Labute approximate surface area is 235 Å². The second-order valence-electron chi connectivity index (χ2n) is 9.89. The standard InChI is InChI=1S/C34H34N4O2/c1-4-38(5-2)28-19-14-24(15-20-28)22-31(35-33(39)27-10-7-6-8-11-27)34(40)37-36-23(3)29-21-18-26-17-16-25-12-9-13-30(29)32(25)26/h6-15,18-22H,4-5,16-17H2,1-3H3,(H,35,39)(H,37,40)/b31-22+,36-23?. The molecular weight excluding hydrogens is 496 g/mol. The average Bonchev–Trinajstić information content (AvgIpc) is 3.42. The molecule has 2 N–H and O–H groups in total. The first kappa shape index (κ1) is 26.9. The molecule has 0 saturated carbocycles. The second-order valence-corrected chi connectivity index (χ2v) is 9.89. The van der Waals surface area contributed by atoms with Crippen LogP contribution in [0.2, 0.25) is 0 Å². The molecule has 0 unspecified atom stereocenters. The normalized spacial score (nSPS) is 12.9. The van der Waals surface area contributed by atoms with Gasteiger partial charge in [-0.15, -0.1) is 0 Å². The number of anilines is 1. The van der Waals surface area contributed by atoms with Gasteiger partial charge in [-0.25, -0.2) is 5.43 Å². The molecule has 0 saturated heterocycles. The number of hydrazone groups is 1. The summed E-state index contributed by atoms with van der Waals surface area (Å²) in [7, 11) is 0. The van der Waals surface area contributed by atoms with Crippen molar-refractivity contribution in [2.75, 3.05) is 18.0 Å². The van der Waals surface area contributed by atoms with E-state index in [-0.39, 0.29) is 11.6 Å². The van der Waals surface area contributed by atoms with Gasteiger partial charge in [0.15, 0.2) is 0 Å². The van der Waals surface area contributed by atoms with Gasteiger partial charge in [-0.1, -0.05) is 60.7 Å². The molecule has 0 fully saturated rings. The van der Waals surface area contributed by atoms with Crippen molar-refractivity contribution in [3.63, 3.8) is 0 Å². The van der Waals surface area contributed by atoms with Crippen molar-refractivity contribution >= 4 is 40.1 Å². The van der Waals surface area contributed by atoms with Crippen molar-refractivity contribution in [1.82, 2.24) is 10.7 Å². The molecule has 202 valence electrons. The van der Waals surface area contributed by atoms with Crippen LogP contribution in [0.1, 0.15) is 53.4 Å². The third-order valence-corrected chi connectivity index (χ3v) is 7.45. The summed E-state index contributed by atoms with van der Waals surface area (Å²) in [5.41, 5.74) is 9.53. The molecule has 0 spiro atoms. The van der Waals surface area contributed by atoms with Gasteiger partial charge >= 0.3 is 0 Å². The summed E-state index contributed by atoms with van der Waals surface area (Å²) in [6.07, 6.45) is 3.77. The maximum absolute atomic E-state index is 13.4. The van der Waals surface area contributed by atoms with E-state index in [4.69, 9.17) is 0 Å². The first-order valence-electron chi connectivity index (χ1n) is 13.8. The molecule has 0 aliphatic heterocycles. The molecule has 0 bridgehead atoms. The lowest BCUT2D eigenvalue weighted by molar-refractivity contribution is -0.117. The van der Waals surface area contributed by atoms with Crippen LogP contribution < -0.4 is 15.6 Å². The van der Waals surface area contributed by atoms with Crippen LogP contribution >= 0.6 is 0 Å². The van der Waals surface area contributed by atoms with Gasteiger partial charge in [0, 0.05) is 29.9 Å². The van der Waals surface area contributed by atoms with E-state index in [9.17, 15) is 9.59 Å². The highest BCUT2D eigenvalue weighted by atomic mass is 16.2. The number of aryl methyl sites for hydroxylation is 2. The van der Waals surface area contributed by atoms with Crippen molar-refractivity contribution in [3.8, 4) is 0 Å². The fraction of sp³-hybridized carbons (Fsp3) is 0.206. The zero-order chi connectivity index (χ0) is 28.1. The Morgan fingerprint density at radius 3 is 2.25 bits per heavy atom. The molecule has 1 aliphatic carbocycles. The van der Waals surface area contributed by atoms with Crippen LogP contribution in [0, 0.1) is 0 Å². The maximum atomic E-state index is 13.4. The van der Waals surface area contributed by atoms with Crippen LogP contribution in [0.5, 0.6) is 0 Å². The fourth-order valence-electron chi connectivity index (χ4n) is 5.30. The zero-order valence-corrected chi connectivity index (χ0v) is 23.2. The SMILES string of the molecule is CCN(CC)c1ccc(/C=C(/NC(=O)c2ccccc2)C(=O)NN=C(C)c2ccc3c4c(cccc24)CC3)cc1. The number of hydrogen-bond donors (Lipinski definition) is 2. The van der Waals surface area contributed by atoms with Gasteiger partial charge in [-0.3, -0.25) is 9.59 Å². The van der Waals surface area contributed by atoms with Crippen LogP contribution in [0.15, 0.2) is 95.7 Å².